The summed E-state index contributed by atoms with van der Waals surface area (Å²) in [7, 11) is 0. The number of hydrogen-bond donors (Lipinski definition) is 1. The van der Waals surface area contributed by atoms with Crippen LogP contribution in [0.15, 0.2) is 30.9 Å². The van der Waals surface area contributed by atoms with Gasteiger partial charge in [0, 0.05) is 25.1 Å². The minimum absolute atomic E-state index is 0.371. The molecule has 0 amide bonds. The highest BCUT2D eigenvalue weighted by atomic mass is 15.1. The number of pyridine rings is 1. The van der Waals surface area contributed by atoms with Gasteiger partial charge in [-0.2, -0.15) is 5.26 Å². The van der Waals surface area contributed by atoms with Crippen LogP contribution in [0.25, 0.3) is 5.69 Å². The zero-order chi connectivity index (χ0) is 12.8. The molecule has 0 aliphatic heterocycles. The number of nitrogens with zero attached hydrogens (tertiary/aromatic N) is 4. The molecule has 2 aromatic rings. The van der Waals surface area contributed by atoms with Gasteiger partial charge < -0.3 is 5.32 Å². The van der Waals surface area contributed by atoms with Crippen LogP contribution in [0.2, 0.25) is 0 Å². The van der Waals surface area contributed by atoms with E-state index >= 15 is 0 Å². The molecule has 0 unspecified atom stereocenters. The molecule has 2 rings (SSSR count). The van der Waals surface area contributed by atoms with Crippen molar-refractivity contribution in [2.24, 2.45) is 0 Å². The summed E-state index contributed by atoms with van der Waals surface area (Å²) in [4.78, 5) is 8.17. The van der Waals surface area contributed by atoms with Gasteiger partial charge in [0.2, 0.25) is 5.82 Å². The normalized spacial score (nSPS) is 10.2. The quantitative estimate of drug-likeness (QED) is 0.808. The average Bonchev–Trinajstić information content (AvgIpc) is 2.88. The second-order valence-corrected chi connectivity index (χ2v) is 3.96. The van der Waals surface area contributed by atoms with Gasteiger partial charge in [-0.15, -0.1) is 0 Å². The van der Waals surface area contributed by atoms with Crippen LogP contribution in [-0.2, 0) is 6.54 Å². The lowest BCUT2D eigenvalue weighted by atomic mass is 10.2. The monoisotopic (exact) mass is 241 g/mol. The Morgan fingerprint density at radius 2 is 2.33 bits per heavy atom. The molecule has 2 aromatic heterocycles. The summed E-state index contributed by atoms with van der Waals surface area (Å²) in [5.74, 6) is 0.371. The number of nitrogens with one attached hydrogen (secondary N) is 1. The average molecular weight is 241 g/mol. The third-order valence-corrected chi connectivity index (χ3v) is 2.56. The van der Waals surface area contributed by atoms with Crippen LogP contribution in [0.3, 0.4) is 0 Å². The highest BCUT2D eigenvalue weighted by Gasteiger charge is 2.04. The Bertz CT molecular complexity index is 553. The Morgan fingerprint density at radius 1 is 1.44 bits per heavy atom. The van der Waals surface area contributed by atoms with Crippen molar-refractivity contribution in [2.75, 3.05) is 6.54 Å². The minimum atomic E-state index is 0.371. The Balaban J connectivity index is 2.20. The zero-order valence-corrected chi connectivity index (χ0v) is 10.3. The first kappa shape index (κ1) is 12.3. The second kappa shape index (κ2) is 5.94. The highest BCUT2D eigenvalue weighted by Crippen LogP contribution is 2.10. The topological polar surface area (TPSA) is 66.5 Å². The SMILES string of the molecule is CCCNCc1cncc(-n2ccnc2C#N)c1. The lowest BCUT2D eigenvalue weighted by molar-refractivity contribution is 0.673. The van der Waals surface area contributed by atoms with Crippen molar-refractivity contribution >= 4 is 0 Å². The molecule has 0 fully saturated rings. The minimum Gasteiger partial charge on any atom is -0.313 e. The molecule has 0 bridgehead atoms. The van der Waals surface area contributed by atoms with E-state index in [1.54, 1.807) is 23.2 Å². The fraction of sp³-hybridized carbons (Fsp3) is 0.308. The molecular formula is C13H15N5. The van der Waals surface area contributed by atoms with Crippen molar-refractivity contribution in [1.82, 2.24) is 19.9 Å². The maximum absolute atomic E-state index is 8.95. The van der Waals surface area contributed by atoms with Gasteiger partial charge in [-0.1, -0.05) is 6.92 Å². The first-order chi connectivity index (χ1) is 8.85. The molecule has 92 valence electrons. The van der Waals surface area contributed by atoms with E-state index in [0.717, 1.165) is 30.8 Å². The first-order valence-corrected chi connectivity index (χ1v) is 5.93. The molecule has 0 aromatic carbocycles. The Labute approximate surface area is 106 Å². The molecule has 0 atom stereocenters. The van der Waals surface area contributed by atoms with Crippen LogP contribution in [0.4, 0.5) is 0 Å². The van der Waals surface area contributed by atoms with Gasteiger partial charge in [0.25, 0.3) is 0 Å². The number of nitriles is 1. The van der Waals surface area contributed by atoms with Crippen molar-refractivity contribution < 1.29 is 0 Å². The van der Waals surface area contributed by atoms with E-state index in [1.165, 1.54) is 0 Å². The molecule has 0 saturated heterocycles. The molecule has 18 heavy (non-hydrogen) atoms. The van der Waals surface area contributed by atoms with E-state index in [9.17, 15) is 0 Å². The number of imidazole rings is 1. The predicted octanol–water partition coefficient (Wildman–Crippen LogP) is 1.64. The standard InChI is InChI=1S/C13H15N5/c1-2-3-15-8-11-6-12(10-16-9-11)18-5-4-17-13(18)7-14/h4-6,9-10,15H,2-3,8H2,1H3. The third kappa shape index (κ3) is 2.73. The molecule has 2 heterocycles. The lowest BCUT2D eigenvalue weighted by Gasteiger charge is -2.07. The van der Waals surface area contributed by atoms with Crippen LogP contribution < -0.4 is 5.32 Å². The van der Waals surface area contributed by atoms with Gasteiger partial charge >= 0.3 is 0 Å². The number of rotatable bonds is 5. The number of aromatic nitrogens is 3. The summed E-state index contributed by atoms with van der Waals surface area (Å²) < 4.78 is 1.73. The Morgan fingerprint density at radius 3 is 3.11 bits per heavy atom. The van der Waals surface area contributed by atoms with E-state index in [4.69, 9.17) is 5.26 Å². The fourth-order valence-corrected chi connectivity index (χ4v) is 1.71. The van der Waals surface area contributed by atoms with Crippen LogP contribution >= 0.6 is 0 Å². The largest absolute Gasteiger partial charge is 0.313 e. The Hall–Kier alpha value is -2.19. The number of hydrogen-bond acceptors (Lipinski definition) is 4. The Kier molecular flexibility index (Phi) is 4.05. The molecule has 5 heteroatoms. The van der Waals surface area contributed by atoms with Crippen molar-refractivity contribution in [3.8, 4) is 11.8 Å². The molecule has 0 radical (unpaired) electrons. The second-order valence-electron chi connectivity index (χ2n) is 3.96. The smallest absolute Gasteiger partial charge is 0.217 e. The molecule has 1 N–H and O–H groups in total. The van der Waals surface area contributed by atoms with E-state index in [-0.39, 0.29) is 0 Å². The predicted molar refractivity (Wildman–Crippen MR) is 68.1 cm³/mol. The van der Waals surface area contributed by atoms with E-state index < -0.39 is 0 Å². The fourth-order valence-electron chi connectivity index (χ4n) is 1.71. The van der Waals surface area contributed by atoms with E-state index in [0.29, 0.717) is 5.82 Å². The molecular weight excluding hydrogens is 226 g/mol. The molecule has 0 saturated carbocycles. The highest BCUT2D eigenvalue weighted by molar-refractivity contribution is 5.36. The van der Waals surface area contributed by atoms with Gasteiger partial charge in [-0.25, -0.2) is 4.98 Å². The van der Waals surface area contributed by atoms with E-state index in [1.807, 2.05) is 12.3 Å². The summed E-state index contributed by atoms with van der Waals surface area (Å²) in [5, 5.41) is 12.3. The van der Waals surface area contributed by atoms with Crippen LogP contribution in [0, 0.1) is 11.3 Å². The zero-order valence-electron chi connectivity index (χ0n) is 10.3. The maximum atomic E-state index is 8.95. The molecule has 0 aliphatic rings. The molecule has 5 nitrogen and oxygen atoms in total. The summed E-state index contributed by atoms with van der Waals surface area (Å²) in [6.45, 7) is 3.90. The first-order valence-electron chi connectivity index (χ1n) is 5.93. The van der Waals surface area contributed by atoms with Crippen LogP contribution in [-0.4, -0.2) is 21.1 Å². The molecule has 0 aliphatic carbocycles. The third-order valence-electron chi connectivity index (χ3n) is 2.56. The van der Waals surface area contributed by atoms with Gasteiger partial charge in [0.15, 0.2) is 0 Å². The van der Waals surface area contributed by atoms with Gasteiger partial charge in [0.05, 0.1) is 11.9 Å². The lowest BCUT2D eigenvalue weighted by Crippen LogP contribution is -2.14. The van der Waals surface area contributed by atoms with Gasteiger partial charge in [-0.3, -0.25) is 9.55 Å². The van der Waals surface area contributed by atoms with Crippen LogP contribution in [0.1, 0.15) is 24.7 Å². The van der Waals surface area contributed by atoms with Crippen LogP contribution in [0.5, 0.6) is 0 Å². The summed E-state index contributed by atoms with van der Waals surface area (Å²) in [5.41, 5.74) is 1.96. The van der Waals surface area contributed by atoms with Crippen molar-refractivity contribution in [1.29, 1.82) is 5.26 Å². The van der Waals surface area contributed by atoms with Crippen molar-refractivity contribution in [2.45, 2.75) is 19.9 Å². The summed E-state index contributed by atoms with van der Waals surface area (Å²) >= 11 is 0. The van der Waals surface area contributed by atoms with E-state index in [2.05, 4.69) is 28.3 Å². The van der Waals surface area contributed by atoms with Gasteiger partial charge in [0.1, 0.15) is 6.07 Å². The van der Waals surface area contributed by atoms with Crippen molar-refractivity contribution in [3.05, 3.63) is 42.2 Å². The maximum Gasteiger partial charge on any atom is 0.217 e. The molecule has 0 spiro atoms. The summed E-state index contributed by atoms with van der Waals surface area (Å²) in [6.07, 6.45) is 8.04. The van der Waals surface area contributed by atoms with Crippen molar-refractivity contribution in [3.63, 3.8) is 0 Å². The summed E-state index contributed by atoms with van der Waals surface area (Å²) in [6, 6.07) is 4.07. The van der Waals surface area contributed by atoms with Gasteiger partial charge in [-0.05, 0) is 24.6 Å².